The first kappa shape index (κ1) is 27.9. The summed E-state index contributed by atoms with van der Waals surface area (Å²) in [5.41, 5.74) is 3.42. The summed E-state index contributed by atoms with van der Waals surface area (Å²) in [6.45, 7) is 14.3. The van der Waals surface area contributed by atoms with Gasteiger partial charge in [-0.25, -0.2) is 14.6 Å². The quantitative estimate of drug-likeness (QED) is 0.472. The largest absolute Gasteiger partial charge is 0.478 e. The molecule has 1 aromatic heterocycles. The van der Waals surface area contributed by atoms with Crippen LogP contribution >= 0.6 is 0 Å². The summed E-state index contributed by atoms with van der Waals surface area (Å²) in [5.74, 6) is 0.0431. The third-order valence-corrected chi connectivity index (χ3v) is 6.73. The minimum absolute atomic E-state index is 0.0494. The molecule has 2 aliphatic heterocycles. The molecule has 1 atom stereocenters. The molecule has 1 N–H and O–H groups in total. The van der Waals surface area contributed by atoms with Crippen molar-refractivity contribution in [1.29, 1.82) is 0 Å². The average molecular weight is 508 g/mol. The van der Waals surface area contributed by atoms with Crippen LogP contribution in [0.2, 0.25) is 0 Å². The Kier molecular flexibility index (Phi) is 9.85. The van der Waals surface area contributed by atoms with Gasteiger partial charge in [0.05, 0.1) is 11.6 Å². The number of piperidine rings is 1. The molecule has 198 valence electrons. The van der Waals surface area contributed by atoms with Crippen molar-refractivity contribution in [2.24, 2.45) is 0 Å². The number of allylic oxidation sites excluding steroid dienone is 2. The molecule has 0 saturated carbocycles. The summed E-state index contributed by atoms with van der Waals surface area (Å²) in [6, 6.07) is 10.4. The number of hydrogen-bond acceptors (Lipinski definition) is 6. The van der Waals surface area contributed by atoms with E-state index in [0.717, 1.165) is 43.7 Å². The number of ether oxygens (including phenoxy) is 2. The number of hydrogen-bond donors (Lipinski definition) is 1. The van der Waals surface area contributed by atoms with Gasteiger partial charge in [0, 0.05) is 37.4 Å². The van der Waals surface area contributed by atoms with Gasteiger partial charge < -0.3 is 14.6 Å². The Bertz CT molecular complexity index is 1120. The number of carboxylic acid groups (broad SMARTS) is 1. The van der Waals surface area contributed by atoms with Crippen LogP contribution in [0.25, 0.3) is 0 Å². The minimum Gasteiger partial charge on any atom is -0.478 e. The molecule has 0 bridgehead atoms. The van der Waals surface area contributed by atoms with Crippen molar-refractivity contribution < 1.29 is 24.2 Å². The summed E-state index contributed by atoms with van der Waals surface area (Å²) < 4.78 is 11.1. The summed E-state index contributed by atoms with van der Waals surface area (Å²) >= 11 is 0. The van der Waals surface area contributed by atoms with Crippen molar-refractivity contribution in [1.82, 2.24) is 14.8 Å². The van der Waals surface area contributed by atoms with E-state index in [1.165, 1.54) is 17.7 Å². The van der Waals surface area contributed by atoms with Gasteiger partial charge in [0.2, 0.25) is 5.88 Å². The lowest BCUT2D eigenvalue weighted by Gasteiger charge is -2.38. The summed E-state index contributed by atoms with van der Waals surface area (Å²) in [6.07, 6.45) is 5.45. The van der Waals surface area contributed by atoms with Gasteiger partial charge in [0.1, 0.15) is 12.4 Å². The Morgan fingerprint density at radius 1 is 1.19 bits per heavy atom. The predicted octanol–water partition coefficient (Wildman–Crippen LogP) is 5.82. The minimum atomic E-state index is -0.970. The Morgan fingerprint density at radius 2 is 1.84 bits per heavy atom. The second kappa shape index (κ2) is 13.1. The number of carbonyl (C=O) groups is 2. The van der Waals surface area contributed by atoms with Crippen LogP contribution in [0.3, 0.4) is 0 Å². The molecule has 0 radical (unpaired) electrons. The van der Waals surface area contributed by atoms with E-state index in [-0.39, 0.29) is 23.7 Å². The van der Waals surface area contributed by atoms with E-state index in [2.05, 4.69) is 29.5 Å². The number of benzene rings is 1. The van der Waals surface area contributed by atoms with Crippen LogP contribution in [0, 0.1) is 6.92 Å². The number of aromatic carboxylic acids is 1. The summed E-state index contributed by atoms with van der Waals surface area (Å²) in [5, 5.41) is 9.01. The van der Waals surface area contributed by atoms with Gasteiger partial charge >= 0.3 is 12.1 Å². The van der Waals surface area contributed by atoms with E-state index in [4.69, 9.17) is 14.6 Å². The maximum absolute atomic E-state index is 12.3. The Balaban J connectivity index is 0.00000121. The fourth-order valence-electron chi connectivity index (χ4n) is 4.55. The zero-order valence-corrected chi connectivity index (χ0v) is 22.1. The second-order valence-corrected chi connectivity index (χ2v) is 9.27. The number of rotatable bonds is 7. The highest BCUT2D eigenvalue weighted by molar-refractivity contribution is 5.87. The third-order valence-electron chi connectivity index (χ3n) is 6.73. The maximum Gasteiger partial charge on any atom is 0.410 e. The van der Waals surface area contributed by atoms with Crippen molar-refractivity contribution in [2.45, 2.75) is 59.2 Å². The number of amides is 1. The molecule has 0 aliphatic carbocycles. The highest BCUT2D eigenvalue weighted by Crippen LogP contribution is 2.28. The van der Waals surface area contributed by atoms with Gasteiger partial charge in [-0.1, -0.05) is 23.8 Å². The third kappa shape index (κ3) is 7.20. The van der Waals surface area contributed by atoms with E-state index in [0.29, 0.717) is 18.2 Å². The molecule has 1 aromatic carbocycles. The predicted molar refractivity (Wildman–Crippen MR) is 143 cm³/mol. The number of aryl methyl sites for hydroxylation is 1. The fraction of sp³-hybridized carbons (Fsp3) is 0.414. The van der Waals surface area contributed by atoms with Gasteiger partial charge in [0.15, 0.2) is 0 Å². The molecule has 8 nitrogen and oxygen atoms in total. The maximum atomic E-state index is 12.3. The fourth-order valence-corrected chi connectivity index (χ4v) is 4.55. The van der Waals surface area contributed by atoms with E-state index in [1.807, 2.05) is 37.8 Å². The molecule has 4 rings (SSSR count). The number of likely N-dealkylation sites (tertiary alicyclic amines) is 1. The van der Waals surface area contributed by atoms with Crippen LogP contribution in [0.5, 0.6) is 11.6 Å². The number of aromatic nitrogens is 1. The van der Waals surface area contributed by atoms with E-state index in [1.54, 1.807) is 18.2 Å². The summed E-state index contributed by atoms with van der Waals surface area (Å²) in [4.78, 5) is 32.2. The van der Waals surface area contributed by atoms with Crippen LogP contribution in [0.1, 0.15) is 55.2 Å². The standard InChI is InChI=1S/C26H31N3O5.C3H6/c1-4-17(2)23-16-33-26(32)29(23)21-11-13-28(14-12-21)15-20-7-10-24(27-18(20)3)34-22-8-5-19(6-9-22)25(30)31;1-3-2/h4-10,21,23H,11-16H2,1-3H3,(H,30,31);3H,1H2,2H3/b17-4+;. The van der Waals surface area contributed by atoms with E-state index in [9.17, 15) is 9.59 Å². The highest BCUT2D eigenvalue weighted by Gasteiger charge is 2.39. The normalized spacial score (nSPS) is 18.6. The van der Waals surface area contributed by atoms with E-state index < -0.39 is 5.97 Å². The topological polar surface area (TPSA) is 92.2 Å². The monoisotopic (exact) mass is 507 g/mol. The zero-order chi connectivity index (χ0) is 26.9. The second-order valence-electron chi connectivity index (χ2n) is 9.27. The van der Waals surface area contributed by atoms with Gasteiger partial charge in [-0.05, 0) is 70.4 Å². The molecular weight excluding hydrogens is 470 g/mol. The smallest absolute Gasteiger partial charge is 0.410 e. The number of carboxylic acids is 1. The van der Waals surface area contributed by atoms with Crippen LogP contribution in [0.4, 0.5) is 4.79 Å². The Labute approximate surface area is 219 Å². The van der Waals surface area contributed by atoms with Crippen molar-refractivity contribution in [2.75, 3.05) is 19.7 Å². The SMILES string of the molecule is C/C=C(\C)C1COC(=O)N1C1CCN(Cc2ccc(Oc3ccc(C(=O)O)cc3)nc2C)CC1.C=CC. The zero-order valence-electron chi connectivity index (χ0n) is 22.1. The molecular formula is C29H37N3O5. The molecule has 0 spiro atoms. The van der Waals surface area contributed by atoms with Crippen molar-refractivity contribution >= 4 is 12.1 Å². The molecule has 2 aromatic rings. The van der Waals surface area contributed by atoms with Gasteiger partial charge in [-0.3, -0.25) is 9.80 Å². The Morgan fingerprint density at radius 3 is 2.41 bits per heavy atom. The molecule has 8 heteroatoms. The number of carbonyl (C=O) groups excluding carboxylic acids is 1. The number of pyridine rings is 1. The lowest BCUT2D eigenvalue weighted by atomic mass is 9.99. The number of cyclic esters (lactones) is 1. The van der Waals surface area contributed by atoms with E-state index >= 15 is 0 Å². The van der Waals surface area contributed by atoms with Crippen LogP contribution < -0.4 is 4.74 Å². The molecule has 1 amide bonds. The first-order valence-corrected chi connectivity index (χ1v) is 12.6. The average Bonchev–Trinajstić information content (AvgIpc) is 3.27. The molecule has 2 aliphatic rings. The number of nitrogens with zero attached hydrogens (tertiary/aromatic N) is 3. The van der Waals surface area contributed by atoms with Crippen LogP contribution in [-0.4, -0.2) is 63.7 Å². The first-order chi connectivity index (χ1) is 17.8. The Hall–Kier alpha value is -3.65. The van der Waals surface area contributed by atoms with Crippen molar-refractivity contribution in [3.8, 4) is 11.6 Å². The summed E-state index contributed by atoms with van der Waals surface area (Å²) in [7, 11) is 0. The molecule has 1 unspecified atom stereocenters. The van der Waals surface area contributed by atoms with Gasteiger partial charge in [0.25, 0.3) is 0 Å². The molecule has 2 saturated heterocycles. The van der Waals surface area contributed by atoms with Crippen molar-refractivity contribution in [3.05, 3.63) is 77.5 Å². The van der Waals surface area contributed by atoms with Crippen LogP contribution in [0.15, 0.2) is 60.7 Å². The molecule has 3 heterocycles. The lowest BCUT2D eigenvalue weighted by molar-refractivity contribution is 0.0696. The molecule has 37 heavy (non-hydrogen) atoms. The van der Waals surface area contributed by atoms with Gasteiger partial charge in [-0.2, -0.15) is 0 Å². The highest BCUT2D eigenvalue weighted by atomic mass is 16.6. The lowest BCUT2D eigenvalue weighted by Crippen LogP contribution is -2.48. The van der Waals surface area contributed by atoms with Crippen LogP contribution in [-0.2, 0) is 11.3 Å². The first-order valence-electron chi connectivity index (χ1n) is 12.6. The van der Waals surface area contributed by atoms with Gasteiger partial charge in [-0.15, -0.1) is 6.58 Å². The molecule has 2 fully saturated rings. The van der Waals surface area contributed by atoms with Crippen molar-refractivity contribution in [3.63, 3.8) is 0 Å².